The molecule has 92 valence electrons. The fourth-order valence-electron chi connectivity index (χ4n) is 1.64. The Labute approximate surface area is 109 Å². The first-order chi connectivity index (χ1) is 8.61. The van der Waals surface area contributed by atoms with Crippen molar-refractivity contribution in [2.75, 3.05) is 7.11 Å². The van der Waals surface area contributed by atoms with Gasteiger partial charge in [-0.3, -0.25) is 0 Å². The van der Waals surface area contributed by atoms with Crippen LogP contribution in [0.3, 0.4) is 0 Å². The summed E-state index contributed by atoms with van der Waals surface area (Å²) in [4.78, 5) is 11.4. The molecule has 0 N–H and O–H groups in total. The third-order valence-corrected chi connectivity index (χ3v) is 2.76. The molecule has 0 saturated carbocycles. The molecule has 0 unspecified atom stereocenters. The van der Waals surface area contributed by atoms with E-state index in [0.717, 1.165) is 5.56 Å². The van der Waals surface area contributed by atoms with Gasteiger partial charge < -0.3 is 4.74 Å². The third-order valence-electron chi connectivity index (χ3n) is 2.53. The lowest BCUT2D eigenvalue weighted by Gasteiger charge is -2.06. The van der Waals surface area contributed by atoms with Crippen molar-refractivity contribution < 1.29 is 13.9 Å². The molecule has 2 nitrogen and oxygen atoms in total. The van der Waals surface area contributed by atoms with Crippen LogP contribution in [0.1, 0.15) is 10.4 Å². The lowest BCUT2D eigenvalue weighted by atomic mass is 10.0. The van der Waals surface area contributed by atoms with E-state index < -0.39 is 11.8 Å². The molecule has 0 amide bonds. The van der Waals surface area contributed by atoms with Crippen LogP contribution in [0.5, 0.6) is 0 Å². The summed E-state index contributed by atoms with van der Waals surface area (Å²) in [6.07, 6.45) is 0. The Balaban J connectivity index is 2.50. The van der Waals surface area contributed by atoms with Crippen LogP contribution in [0, 0.1) is 5.82 Å². The van der Waals surface area contributed by atoms with Gasteiger partial charge in [0.05, 0.1) is 12.7 Å². The van der Waals surface area contributed by atoms with Gasteiger partial charge in [0.25, 0.3) is 0 Å². The van der Waals surface area contributed by atoms with E-state index in [9.17, 15) is 9.18 Å². The van der Waals surface area contributed by atoms with Gasteiger partial charge >= 0.3 is 5.97 Å². The molecule has 0 bridgehead atoms. The predicted molar refractivity (Wildman–Crippen MR) is 68.2 cm³/mol. The second kappa shape index (κ2) is 5.19. The maximum absolute atomic E-state index is 13.5. The van der Waals surface area contributed by atoms with Crippen LogP contribution in [0.15, 0.2) is 42.5 Å². The summed E-state index contributed by atoms with van der Waals surface area (Å²) in [6.45, 7) is 0. The van der Waals surface area contributed by atoms with E-state index in [1.54, 1.807) is 24.3 Å². The lowest BCUT2D eigenvalue weighted by molar-refractivity contribution is 0.0595. The molecule has 0 aliphatic rings. The highest BCUT2D eigenvalue weighted by molar-refractivity contribution is 6.30. The normalized spacial score (nSPS) is 10.2. The van der Waals surface area contributed by atoms with Crippen LogP contribution in [0.2, 0.25) is 5.02 Å². The van der Waals surface area contributed by atoms with E-state index in [-0.39, 0.29) is 5.56 Å². The van der Waals surface area contributed by atoms with Crippen molar-refractivity contribution in [1.82, 2.24) is 0 Å². The average molecular weight is 265 g/mol. The molecule has 0 saturated heterocycles. The predicted octanol–water partition coefficient (Wildman–Crippen LogP) is 3.93. The first-order valence-corrected chi connectivity index (χ1v) is 5.63. The number of rotatable bonds is 2. The zero-order valence-electron chi connectivity index (χ0n) is 9.61. The number of halogens is 2. The van der Waals surface area contributed by atoms with Crippen molar-refractivity contribution in [3.63, 3.8) is 0 Å². The van der Waals surface area contributed by atoms with Crippen molar-refractivity contribution in [1.29, 1.82) is 0 Å². The average Bonchev–Trinajstić information content (AvgIpc) is 2.38. The molecule has 0 spiro atoms. The van der Waals surface area contributed by atoms with E-state index >= 15 is 0 Å². The molecular formula is C14H10ClFO2. The summed E-state index contributed by atoms with van der Waals surface area (Å²) < 4.78 is 18.0. The Bertz CT molecular complexity index is 596. The maximum Gasteiger partial charge on any atom is 0.340 e. The summed E-state index contributed by atoms with van der Waals surface area (Å²) in [6, 6.07) is 11.4. The Morgan fingerprint density at radius 1 is 1.17 bits per heavy atom. The topological polar surface area (TPSA) is 26.3 Å². The summed E-state index contributed by atoms with van der Waals surface area (Å²) >= 11 is 5.89. The smallest absolute Gasteiger partial charge is 0.340 e. The standard InChI is InChI=1S/C14H10ClFO2/c1-18-14(17)12-8-10(5-6-13(12)16)9-3-2-4-11(15)7-9/h2-8H,1H3. The van der Waals surface area contributed by atoms with Crippen LogP contribution in [0.4, 0.5) is 4.39 Å². The SMILES string of the molecule is COC(=O)c1cc(-c2cccc(Cl)c2)ccc1F. The molecule has 2 aromatic carbocycles. The molecule has 2 rings (SSSR count). The Morgan fingerprint density at radius 2 is 1.89 bits per heavy atom. The van der Waals surface area contributed by atoms with Crippen LogP contribution in [0.25, 0.3) is 11.1 Å². The summed E-state index contributed by atoms with van der Waals surface area (Å²) in [5.41, 5.74) is 1.43. The Kier molecular flexibility index (Phi) is 3.63. The molecule has 0 atom stereocenters. The van der Waals surface area contributed by atoms with Gasteiger partial charge in [-0.1, -0.05) is 29.8 Å². The van der Waals surface area contributed by atoms with E-state index in [4.69, 9.17) is 11.6 Å². The van der Waals surface area contributed by atoms with E-state index in [1.807, 2.05) is 6.07 Å². The second-order valence-electron chi connectivity index (χ2n) is 3.70. The van der Waals surface area contributed by atoms with Gasteiger partial charge in [-0.2, -0.15) is 0 Å². The molecule has 0 heterocycles. The van der Waals surface area contributed by atoms with Crippen molar-refractivity contribution >= 4 is 17.6 Å². The Hall–Kier alpha value is -1.87. The van der Waals surface area contributed by atoms with Gasteiger partial charge in [0, 0.05) is 5.02 Å². The third kappa shape index (κ3) is 2.51. The van der Waals surface area contributed by atoms with E-state index in [1.165, 1.54) is 19.2 Å². The summed E-state index contributed by atoms with van der Waals surface area (Å²) in [5.74, 6) is -1.30. The lowest BCUT2D eigenvalue weighted by Crippen LogP contribution is -2.04. The van der Waals surface area contributed by atoms with Gasteiger partial charge in [-0.15, -0.1) is 0 Å². The molecule has 0 aromatic heterocycles. The molecule has 2 aromatic rings. The maximum atomic E-state index is 13.5. The van der Waals surface area contributed by atoms with Crippen LogP contribution < -0.4 is 0 Å². The van der Waals surface area contributed by atoms with Gasteiger partial charge in [0.1, 0.15) is 5.82 Å². The largest absolute Gasteiger partial charge is 0.465 e. The quantitative estimate of drug-likeness (QED) is 0.768. The zero-order valence-corrected chi connectivity index (χ0v) is 10.4. The minimum absolute atomic E-state index is 0.0880. The monoisotopic (exact) mass is 264 g/mol. The second-order valence-corrected chi connectivity index (χ2v) is 4.13. The summed E-state index contributed by atoms with van der Waals surface area (Å²) in [7, 11) is 1.22. The first-order valence-electron chi connectivity index (χ1n) is 5.25. The molecule has 0 radical (unpaired) electrons. The van der Waals surface area contributed by atoms with Crippen molar-refractivity contribution in [3.05, 3.63) is 58.9 Å². The number of carbonyl (C=O) groups excluding carboxylic acids is 1. The molecular weight excluding hydrogens is 255 g/mol. The molecule has 0 aliphatic heterocycles. The number of benzene rings is 2. The highest BCUT2D eigenvalue weighted by Crippen LogP contribution is 2.25. The number of carbonyl (C=O) groups is 1. The highest BCUT2D eigenvalue weighted by atomic mass is 35.5. The molecule has 4 heteroatoms. The fourth-order valence-corrected chi connectivity index (χ4v) is 1.83. The van der Waals surface area contributed by atoms with Crippen LogP contribution >= 0.6 is 11.6 Å². The van der Waals surface area contributed by atoms with Gasteiger partial charge in [0.15, 0.2) is 0 Å². The van der Waals surface area contributed by atoms with Gasteiger partial charge in [0.2, 0.25) is 0 Å². The molecule has 0 aliphatic carbocycles. The van der Waals surface area contributed by atoms with E-state index in [2.05, 4.69) is 4.74 Å². The van der Waals surface area contributed by atoms with Gasteiger partial charge in [-0.25, -0.2) is 9.18 Å². The number of ether oxygens (including phenoxy) is 1. The van der Waals surface area contributed by atoms with Crippen LogP contribution in [-0.2, 0) is 4.74 Å². The molecule has 0 fully saturated rings. The van der Waals surface area contributed by atoms with Crippen molar-refractivity contribution in [3.8, 4) is 11.1 Å². The number of hydrogen-bond acceptors (Lipinski definition) is 2. The fraction of sp³-hybridized carbons (Fsp3) is 0.0714. The first kappa shape index (κ1) is 12.6. The minimum Gasteiger partial charge on any atom is -0.465 e. The highest BCUT2D eigenvalue weighted by Gasteiger charge is 2.13. The summed E-state index contributed by atoms with van der Waals surface area (Å²) in [5, 5.41) is 0.580. The zero-order chi connectivity index (χ0) is 13.1. The van der Waals surface area contributed by atoms with Crippen LogP contribution in [-0.4, -0.2) is 13.1 Å². The number of hydrogen-bond donors (Lipinski definition) is 0. The van der Waals surface area contributed by atoms with Crippen molar-refractivity contribution in [2.45, 2.75) is 0 Å². The Morgan fingerprint density at radius 3 is 2.56 bits per heavy atom. The van der Waals surface area contributed by atoms with Gasteiger partial charge in [-0.05, 0) is 35.4 Å². The van der Waals surface area contributed by atoms with E-state index in [0.29, 0.717) is 10.6 Å². The number of methoxy groups -OCH3 is 1. The molecule has 18 heavy (non-hydrogen) atoms. The van der Waals surface area contributed by atoms with Crippen molar-refractivity contribution in [2.24, 2.45) is 0 Å². The minimum atomic E-state index is -0.698. The number of esters is 1.